The SMILES string of the molecule is CCN(c1ccccc1C)S(=O)(=O)c1ccc(SC)cc1. The minimum atomic E-state index is -3.53. The fourth-order valence-electron chi connectivity index (χ4n) is 2.19. The van der Waals surface area contributed by atoms with Gasteiger partial charge >= 0.3 is 0 Å². The Kier molecular flexibility index (Phi) is 4.96. The van der Waals surface area contributed by atoms with E-state index in [1.54, 1.807) is 23.9 Å². The van der Waals surface area contributed by atoms with Crippen molar-refractivity contribution in [3.63, 3.8) is 0 Å². The van der Waals surface area contributed by atoms with Gasteiger partial charge in [0.05, 0.1) is 10.6 Å². The lowest BCUT2D eigenvalue weighted by atomic mass is 10.2. The van der Waals surface area contributed by atoms with Gasteiger partial charge in [0.2, 0.25) is 0 Å². The molecule has 3 nitrogen and oxygen atoms in total. The Morgan fingerprint density at radius 2 is 1.67 bits per heavy atom. The van der Waals surface area contributed by atoms with Crippen LogP contribution in [0, 0.1) is 6.92 Å². The number of hydrogen-bond donors (Lipinski definition) is 0. The van der Waals surface area contributed by atoms with Gasteiger partial charge in [-0.2, -0.15) is 0 Å². The van der Waals surface area contributed by atoms with Gasteiger partial charge in [-0.3, -0.25) is 4.31 Å². The van der Waals surface area contributed by atoms with Crippen LogP contribution < -0.4 is 4.31 Å². The largest absolute Gasteiger partial charge is 0.266 e. The summed E-state index contributed by atoms with van der Waals surface area (Å²) in [5.74, 6) is 0. The van der Waals surface area contributed by atoms with E-state index >= 15 is 0 Å². The van der Waals surface area contributed by atoms with Crippen molar-refractivity contribution < 1.29 is 8.42 Å². The molecule has 0 aliphatic carbocycles. The first-order valence-corrected chi connectivity index (χ1v) is 9.39. The predicted molar refractivity (Wildman–Crippen MR) is 89.6 cm³/mol. The number of nitrogens with zero attached hydrogens (tertiary/aromatic N) is 1. The van der Waals surface area contributed by atoms with Crippen LogP contribution in [0.2, 0.25) is 0 Å². The quantitative estimate of drug-likeness (QED) is 0.783. The van der Waals surface area contributed by atoms with E-state index in [1.807, 2.05) is 56.5 Å². The molecule has 2 aromatic carbocycles. The lowest BCUT2D eigenvalue weighted by Crippen LogP contribution is -2.31. The van der Waals surface area contributed by atoms with Gasteiger partial charge in [-0.05, 0) is 56.0 Å². The maximum atomic E-state index is 12.8. The number of anilines is 1. The van der Waals surface area contributed by atoms with Gasteiger partial charge < -0.3 is 0 Å². The molecule has 5 heteroatoms. The van der Waals surface area contributed by atoms with Crippen molar-refractivity contribution in [2.24, 2.45) is 0 Å². The summed E-state index contributed by atoms with van der Waals surface area (Å²) in [5, 5.41) is 0. The Morgan fingerprint density at radius 3 is 2.19 bits per heavy atom. The third-order valence-corrected chi connectivity index (χ3v) is 5.97. The molecule has 0 saturated carbocycles. The number of benzene rings is 2. The van der Waals surface area contributed by atoms with Crippen molar-refractivity contribution in [1.82, 2.24) is 0 Å². The van der Waals surface area contributed by atoms with Crippen molar-refractivity contribution in [2.45, 2.75) is 23.6 Å². The second kappa shape index (κ2) is 6.54. The van der Waals surface area contributed by atoms with Gasteiger partial charge in [0.1, 0.15) is 0 Å². The maximum Gasteiger partial charge on any atom is 0.264 e. The van der Waals surface area contributed by atoms with Gasteiger partial charge in [0.25, 0.3) is 10.0 Å². The zero-order valence-electron chi connectivity index (χ0n) is 12.4. The van der Waals surface area contributed by atoms with Crippen LogP contribution in [0.4, 0.5) is 5.69 Å². The van der Waals surface area contributed by atoms with Crippen molar-refractivity contribution in [2.75, 3.05) is 17.1 Å². The molecule has 0 saturated heterocycles. The van der Waals surface area contributed by atoms with Crippen molar-refractivity contribution in [1.29, 1.82) is 0 Å². The topological polar surface area (TPSA) is 37.4 Å². The Hall–Kier alpha value is -1.46. The van der Waals surface area contributed by atoms with Crippen molar-refractivity contribution in [3.05, 3.63) is 54.1 Å². The highest BCUT2D eigenvalue weighted by atomic mass is 32.2. The van der Waals surface area contributed by atoms with E-state index in [2.05, 4.69) is 0 Å². The standard InChI is InChI=1S/C16H19NO2S2/c1-4-17(16-8-6-5-7-13(16)2)21(18,19)15-11-9-14(20-3)10-12-15/h5-12H,4H2,1-3H3. The third-order valence-electron chi connectivity index (χ3n) is 3.32. The molecule has 0 atom stereocenters. The van der Waals surface area contributed by atoms with E-state index in [1.165, 1.54) is 4.31 Å². The van der Waals surface area contributed by atoms with Crippen LogP contribution in [-0.4, -0.2) is 21.2 Å². The lowest BCUT2D eigenvalue weighted by Gasteiger charge is -2.24. The smallest absolute Gasteiger partial charge is 0.264 e. The minimum Gasteiger partial charge on any atom is -0.266 e. The Labute approximate surface area is 131 Å². The molecule has 0 N–H and O–H groups in total. The summed E-state index contributed by atoms with van der Waals surface area (Å²) in [6.45, 7) is 4.17. The molecular weight excluding hydrogens is 302 g/mol. The first-order valence-electron chi connectivity index (χ1n) is 6.73. The summed E-state index contributed by atoms with van der Waals surface area (Å²) in [7, 11) is -3.53. The normalized spacial score (nSPS) is 11.4. The van der Waals surface area contributed by atoms with Crippen LogP contribution in [0.3, 0.4) is 0 Å². The number of rotatable bonds is 5. The third kappa shape index (κ3) is 3.24. The molecule has 0 radical (unpaired) electrons. The second-order valence-corrected chi connectivity index (χ2v) is 7.37. The number of thioether (sulfide) groups is 1. The molecule has 0 amide bonds. The summed E-state index contributed by atoms with van der Waals surface area (Å²) >= 11 is 1.59. The average molecular weight is 321 g/mol. The number of hydrogen-bond acceptors (Lipinski definition) is 3. The molecule has 0 aliphatic heterocycles. The summed E-state index contributed by atoms with van der Waals surface area (Å²) < 4.78 is 27.1. The van der Waals surface area contributed by atoms with Crippen LogP contribution in [0.1, 0.15) is 12.5 Å². The number of aryl methyl sites for hydroxylation is 1. The van der Waals surface area contributed by atoms with Crippen LogP contribution in [0.5, 0.6) is 0 Å². The fourth-order valence-corrected chi connectivity index (χ4v) is 4.13. The lowest BCUT2D eigenvalue weighted by molar-refractivity contribution is 0.591. The molecule has 0 fully saturated rings. The van der Waals surface area contributed by atoms with Crippen LogP contribution in [-0.2, 0) is 10.0 Å². The number of sulfonamides is 1. The molecule has 21 heavy (non-hydrogen) atoms. The summed E-state index contributed by atoms with van der Waals surface area (Å²) in [6, 6.07) is 14.5. The number of para-hydroxylation sites is 1. The zero-order valence-corrected chi connectivity index (χ0v) is 14.0. The highest BCUT2D eigenvalue weighted by molar-refractivity contribution is 7.98. The maximum absolute atomic E-state index is 12.8. The Bertz CT molecular complexity index is 709. The summed E-state index contributed by atoms with van der Waals surface area (Å²) in [6.07, 6.45) is 1.97. The molecule has 2 aromatic rings. The van der Waals surface area contributed by atoms with E-state index in [-0.39, 0.29) is 0 Å². The highest BCUT2D eigenvalue weighted by Crippen LogP contribution is 2.27. The van der Waals surface area contributed by atoms with E-state index in [0.717, 1.165) is 16.1 Å². The molecule has 0 bridgehead atoms. The molecular formula is C16H19NO2S2. The Balaban J connectivity index is 2.47. The van der Waals surface area contributed by atoms with E-state index < -0.39 is 10.0 Å². The second-order valence-electron chi connectivity index (χ2n) is 4.63. The van der Waals surface area contributed by atoms with Crippen LogP contribution in [0.15, 0.2) is 58.3 Å². The first-order chi connectivity index (χ1) is 10.0. The van der Waals surface area contributed by atoms with Gasteiger partial charge in [-0.15, -0.1) is 11.8 Å². The molecule has 0 aromatic heterocycles. The molecule has 0 heterocycles. The predicted octanol–water partition coefficient (Wildman–Crippen LogP) is 3.93. The van der Waals surface area contributed by atoms with Crippen LogP contribution >= 0.6 is 11.8 Å². The van der Waals surface area contributed by atoms with E-state index in [4.69, 9.17) is 0 Å². The minimum absolute atomic E-state index is 0.324. The van der Waals surface area contributed by atoms with Crippen molar-refractivity contribution in [3.8, 4) is 0 Å². The molecule has 2 rings (SSSR count). The fraction of sp³-hybridized carbons (Fsp3) is 0.250. The molecule has 0 unspecified atom stereocenters. The van der Waals surface area contributed by atoms with Gasteiger partial charge in [-0.25, -0.2) is 8.42 Å². The molecule has 0 spiro atoms. The van der Waals surface area contributed by atoms with Gasteiger partial charge in [0, 0.05) is 11.4 Å². The van der Waals surface area contributed by atoms with Crippen molar-refractivity contribution >= 4 is 27.5 Å². The summed E-state index contributed by atoms with van der Waals surface area (Å²) in [5.41, 5.74) is 1.68. The monoisotopic (exact) mass is 321 g/mol. The van der Waals surface area contributed by atoms with Gasteiger partial charge in [-0.1, -0.05) is 18.2 Å². The van der Waals surface area contributed by atoms with Crippen LogP contribution in [0.25, 0.3) is 0 Å². The Morgan fingerprint density at radius 1 is 1.05 bits per heavy atom. The first kappa shape index (κ1) is 15.9. The van der Waals surface area contributed by atoms with Gasteiger partial charge in [0.15, 0.2) is 0 Å². The molecule has 112 valence electrons. The molecule has 0 aliphatic rings. The highest BCUT2D eigenvalue weighted by Gasteiger charge is 2.24. The van der Waals surface area contributed by atoms with E-state index in [0.29, 0.717) is 11.4 Å². The van der Waals surface area contributed by atoms with E-state index in [9.17, 15) is 8.42 Å². The average Bonchev–Trinajstić information content (AvgIpc) is 2.50. The zero-order chi connectivity index (χ0) is 15.5. The summed E-state index contributed by atoms with van der Waals surface area (Å²) in [4.78, 5) is 1.37.